The van der Waals surface area contributed by atoms with Crippen molar-refractivity contribution in [3.05, 3.63) is 0 Å². The maximum Gasteiger partial charge on any atom is 0.276 e. The molecule has 0 amide bonds. The van der Waals surface area contributed by atoms with Crippen molar-refractivity contribution < 1.29 is 8.42 Å². The monoisotopic (exact) mass is 233 g/mol. The Morgan fingerprint density at radius 2 is 2.13 bits per heavy atom. The van der Waals surface area contributed by atoms with Crippen molar-refractivity contribution in [3.8, 4) is 0 Å². The van der Waals surface area contributed by atoms with Crippen LogP contribution in [0.2, 0.25) is 0 Å². The highest BCUT2D eigenvalue weighted by molar-refractivity contribution is 7.87. The lowest BCUT2D eigenvalue weighted by Crippen LogP contribution is -2.60. The van der Waals surface area contributed by atoms with Gasteiger partial charge in [-0.05, 0) is 38.6 Å². The number of piperidine rings is 1. The topological polar surface area (TPSA) is 70.2 Å². The fourth-order valence-corrected chi connectivity index (χ4v) is 3.28. The first-order chi connectivity index (χ1) is 7.05. The largest absolute Gasteiger partial charge is 0.311 e. The van der Waals surface area contributed by atoms with E-state index in [4.69, 9.17) is 0 Å². The molecular formula is C9H19N3O2S. The molecule has 2 fully saturated rings. The summed E-state index contributed by atoms with van der Waals surface area (Å²) in [5, 5.41) is 3.51. The molecule has 0 bridgehead atoms. The molecule has 2 rings (SSSR count). The van der Waals surface area contributed by atoms with Crippen LogP contribution in [0.1, 0.15) is 32.1 Å². The third kappa shape index (κ3) is 2.50. The second kappa shape index (κ2) is 4.01. The smallest absolute Gasteiger partial charge is 0.276 e. The third-order valence-corrected chi connectivity index (χ3v) is 4.71. The van der Waals surface area contributed by atoms with Crippen molar-refractivity contribution in [2.45, 2.75) is 43.7 Å². The van der Waals surface area contributed by atoms with Gasteiger partial charge in [-0.3, -0.25) is 0 Å². The van der Waals surface area contributed by atoms with Crippen LogP contribution < -0.4 is 14.8 Å². The molecular weight excluding hydrogens is 214 g/mol. The molecule has 1 atom stereocenters. The van der Waals surface area contributed by atoms with Crippen molar-refractivity contribution in [2.24, 2.45) is 0 Å². The fraction of sp³-hybridized carbons (Fsp3) is 1.00. The minimum Gasteiger partial charge on any atom is -0.311 e. The van der Waals surface area contributed by atoms with Crippen LogP contribution in [0.25, 0.3) is 0 Å². The van der Waals surface area contributed by atoms with Gasteiger partial charge in [0.15, 0.2) is 0 Å². The molecule has 3 N–H and O–H groups in total. The molecule has 1 spiro atoms. The van der Waals surface area contributed by atoms with E-state index >= 15 is 0 Å². The number of hydrogen-bond donors (Lipinski definition) is 3. The summed E-state index contributed by atoms with van der Waals surface area (Å²) in [5.74, 6) is 0. The van der Waals surface area contributed by atoms with Gasteiger partial charge in [-0.15, -0.1) is 0 Å². The van der Waals surface area contributed by atoms with Gasteiger partial charge in [-0.1, -0.05) is 0 Å². The minimum absolute atomic E-state index is 0.0870. The van der Waals surface area contributed by atoms with E-state index in [0.29, 0.717) is 0 Å². The molecule has 0 radical (unpaired) electrons. The molecule has 2 aliphatic rings. The van der Waals surface area contributed by atoms with Gasteiger partial charge < -0.3 is 5.32 Å². The first-order valence-electron chi connectivity index (χ1n) is 5.51. The number of nitrogens with one attached hydrogen (secondary N) is 3. The van der Waals surface area contributed by atoms with Crippen LogP contribution in [0.3, 0.4) is 0 Å². The second-order valence-electron chi connectivity index (χ2n) is 4.58. The van der Waals surface area contributed by atoms with Gasteiger partial charge in [0.1, 0.15) is 0 Å². The van der Waals surface area contributed by atoms with Crippen LogP contribution in [0.15, 0.2) is 0 Å². The average Bonchev–Trinajstić information content (AvgIpc) is 2.15. The molecule has 88 valence electrons. The molecule has 1 aliphatic carbocycles. The van der Waals surface area contributed by atoms with Crippen molar-refractivity contribution in [1.29, 1.82) is 0 Å². The lowest BCUT2D eigenvalue weighted by atomic mass is 9.70. The van der Waals surface area contributed by atoms with E-state index in [9.17, 15) is 8.42 Å². The Morgan fingerprint density at radius 3 is 2.67 bits per heavy atom. The second-order valence-corrected chi connectivity index (χ2v) is 6.23. The number of rotatable bonds is 3. The minimum atomic E-state index is -3.28. The molecule has 5 nitrogen and oxygen atoms in total. The number of hydrogen-bond acceptors (Lipinski definition) is 3. The summed E-state index contributed by atoms with van der Waals surface area (Å²) in [6.07, 6.45) is 5.44. The van der Waals surface area contributed by atoms with E-state index in [2.05, 4.69) is 14.8 Å². The Hall–Kier alpha value is -0.170. The molecule has 0 aromatic carbocycles. The lowest BCUT2D eigenvalue weighted by molar-refractivity contribution is 0.126. The van der Waals surface area contributed by atoms with Crippen molar-refractivity contribution in [1.82, 2.24) is 14.8 Å². The Bertz CT molecular complexity index is 324. The molecule has 15 heavy (non-hydrogen) atoms. The molecule has 0 aromatic heterocycles. The van der Waals surface area contributed by atoms with Crippen molar-refractivity contribution >= 4 is 10.2 Å². The first-order valence-corrected chi connectivity index (χ1v) is 6.99. The van der Waals surface area contributed by atoms with E-state index in [1.165, 1.54) is 26.3 Å². The molecule has 1 heterocycles. The molecule has 6 heteroatoms. The lowest BCUT2D eigenvalue weighted by Gasteiger charge is -2.48. The van der Waals surface area contributed by atoms with Gasteiger partial charge in [0, 0.05) is 18.6 Å². The Kier molecular flexibility index (Phi) is 3.03. The highest BCUT2D eigenvalue weighted by Crippen LogP contribution is 2.38. The highest BCUT2D eigenvalue weighted by Gasteiger charge is 2.41. The van der Waals surface area contributed by atoms with Crippen LogP contribution in [0.5, 0.6) is 0 Å². The van der Waals surface area contributed by atoms with Crippen LogP contribution >= 0.6 is 0 Å². The summed E-state index contributed by atoms with van der Waals surface area (Å²) >= 11 is 0. The van der Waals surface area contributed by atoms with Gasteiger partial charge in [0.2, 0.25) is 0 Å². The SMILES string of the molecule is CNS(=O)(=O)NC1CCNC2(CCC2)C1. The van der Waals surface area contributed by atoms with E-state index < -0.39 is 10.2 Å². The standard InChI is InChI=1S/C9H19N3O2S/c1-10-15(13,14)12-8-3-6-11-9(7-8)4-2-5-9/h8,10-12H,2-7H2,1H3. The maximum atomic E-state index is 11.3. The molecule has 1 aliphatic heterocycles. The van der Waals surface area contributed by atoms with Crippen LogP contribution in [0, 0.1) is 0 Å². The van der Waals surface area contributed by atoms with Crippen molar-refractivity contribution in [3.63, 3.8) is 0 Å². The van der Waals surface area contributed by atoms with Gasteiger partial charge in [-0.2, -0.15) is 13.1 Å². The summed E-state index contributed by atoms with van der Waals surface area (Å²) < 4.78 is 27.7. The maximum absolute atomic E-state index is 11.3. The zero-order chi connectivity index (χ0) is 10.9. The Morgan fingerprint density at radius 1 is 1.40 bits per heavy atom. The molecule has 1 saturated carbocycles. The summed E-state index contributed by atoms with van der Waals surface area (Å²) in [7, 11) is -1.85. The molecule has 1 unspecified atom stereocenters. The zero-order valence-corrected chi connectivity index (χ0v) is 9.86. The molecule has 1 saturated heterocycles. The van der Waals surface area contributed by atoms with E-state index in [0.717, 1.165) is 19.4 Å². The zero-order valence-electron chi connectivity index (χ0n) is 9.04. The van der Waals surface area contributed by atoms with Crippen LogP contribution in [0.4, 0.5) is 0 Å². The van der Waals surface area contributed by atoms with E-state index in [1.54, 1.807) is 0 Å². The van der Waals surface area contributed by atoms with E-state index in [-0.39, 0.29) is 11.6 Å². The third-order valence-electron chi connectivity index (χ3n) is 3.53. The van der Waals surface area contributed by atoms with Crippen LogP contribution in [-0.2, 0) is 10.2 Å². The summed E-state index contributed by atoms with van der Waals surface area (Å²) in [6, 6.07) is 0.0870. The highest BCUT2D eigenvalue weighted by atomic mass is 32.2. The first kappa shape index (κ1) is 11.3. The van der Waals surface area contributed by atoms with Gasteiger partial charge in [0.25, 0.3) is 10.2 Å². The molecule has 0 aromatic rings. The van der Waals surface area contributed by atoms with Crippen molar-refractivity contribution in [2.75, 3.05) is 13.6 Å². The predicted molar refractivity (Wildman–Crippen MR) is 58.7 cm³/mol. The summed E-state index contributed by atoms with van der Waals surface area (Å²) in [5.41, 5.74) is 0.235. The van der Waals surface area contributed by atoms with Crippen LogP contribution in [-0.4, -0.2) is 33.6 Å². The quantitative estimate of drug-likeness (QED) is 0.627. The Balaban J connectivity index is 1.93. The Labute approximate surface area is 91.2 Å². The average molecular weight is 233 g/mol. The predicted octanol–water partition coefficient (Wildman–Crippen LogP) is -0.285. The van der Waals surface area contributed by atoms with E-state index in [1.807, 2.05) is 0 Å². The van der Waals surface area contributed by atoms with Gasteiger partial charge in [0.05, 0.1) is 0 Å². The van der Waals surface area contributed by atoms with Gasteiger partial charge >= 0.3 is 0 Å². The summed E-state index contributed by atoms with van der Waals surface area (Å²) in [6.45, 7) is 0.914. The fourth-order valence-electron chi connectivity index (χ4n) is 2.52. The normalized spacial score (nSPS) is 30.1. The van der Waals surface area contributed by atoms with Gasteiger partial charge in [-0.25, -0.2) is 4.72 Å². The summed E-state index contributed by atoms with van der Waals surface area (Å²) in [4.78, 5) is 0.